The molecule has 0 saturated carbocycles. The molecular formula is C60H42N2. The Morgan fingerprint density at radius 3 is 1.44 bits per heavy atom. The van der Waals surface area contributed by atoms with Crippen molar-refractivity contribution in [3.8, 4) is 61.3 Å². The molecule has 1 heterocycles. The van der Waals surface area contributed by atoms with Gasteiger partial charge in [0.25, 0.3) is 0 Å². The molecule has 11 rings (SSSR count). The van der Waals surface area contributed by atoms with Crippen molar-refractivity contribution in [1.82, 2.24) is 4.57 Å². The van der Waals surface area contributed by atoms with Crippen LogP contribution in [0.1, 0.15) is 0 Å². The minimum Gasteiger partial charge on any atom is -0.310 e. The maximum atomic E-state index is 2.46. The number of benzene rings is 10. The molecule has 0 N–H and O–H groups in total. The molecule has 11 aromatic rings. The van der Waals surface area contributed by atoms with Gasteiger partial charge in [-0.1, -0.05) is 200 Å². The molecule has 0 radical (unpaired) electrons. The van der Waals surface area contributed by atoms with Crippen LogP contribution in [0.3, 0.4) is 0 Å². The van der Waals surface area contributed by atoms with Gasteiger partial charge in [0.05, 0.1) is 16.7 Å². The molecule has 292 valence electrons. The minimum absolute atomic E-state index is 1.07. The number of fused-ring (bicyclic) bond motifs is 3. The number of hydrogen-bond donors (Lipinski definition) is 0. The number of nitrogens with zero attached hydrogens (tertiary/aromatic N) is 2. The van der Waals surface area contributed by atoms with Crippen LogP contribution in [0.25, 0.3) is 83.1 Å². The van der Waals surface area contributed by atoms with Gasteiger partial charge in [-0.15, -0.1) is 0 Å². The van der Waals surface area contributed by atoms with E-state index >= 15 is 0 Å². The van der Waals surface area contributed by atoms with Gasteiger partial charge >= 0.3 is 0 Å². The van der Waals surface area contributed by atoms with E-state index in [1.165, 1.54) is 71.9 Å². The van der Waals surface area contributed by atoms with E-state index in [0.29, 0.717) is 0 Å². The van der Waals surface area contributed by atoms with Crippen molar-refractivity contribution in [1.29, 1.82) is 0 Å². The lowest BCUT2D eigenvalue weighted by Gasteiger charge is -2.27. The maximum absolute atomic E-state index is 2.46. The van der Waals surface area contributed by atoms with Gasteiger partial charge in [-0.25, -0.2) is 0 Å². The predicted octanol–water partition coefficient (Wildman–Crippen LogP) is 16.6. The summed E-state index contributed by atoms with van der Waals surface area (Å²) in [7, 11) is 0. The first kappa shape index (κ1) is 36.8. The van der Waals surface area contributed by atoms with Crippen LogP contribution in [0.4, 0.5) is 17.1 Å². The lowest BCUT2D eigenvalue weighted by molar-refractivity contribution is 1.18. The van der Waals surface area contributed by atoms with Crippen LogP contribution in [0, 0.1) is 0 Å². The lowest BCUT2D eigenvalue weighted by atomic mass is 9.93. The molecule has 10 aromatic carbocycles. The molecule has 1 aromatic heterocycles. The molecular weight excluding hydrogens is 749 g/mol. The highest BCUT2D eigenvalue weighted by molar-refractivity contribution is 6.11. The Bertz CT molecular complexity index is 3310. The van der Waals surface area contributed by atoms with Gasteiger partial charge in [-0.05, 0) is 105 Å². The lowest BCUT2D eigenvalue weighted by Crippen LogP contribution is -2.10. The zero-order valence-corrected chi connectivity index (χ0v) is 34.1. The standard InChI is InChI=1S/C60H42N2/c1-5-18-43(19-6-1)45-32-34-50(35-33-45)61(51-36-38-53(46-22-9-3-10-23-46)57(41-51)47-24-11-4-12-25-47)52-37-39-56-55-29-14-16-31-59(55)62(60(56)42-52)58-30-15-13-28-54(58)49-27-17-26-48(40-49)44-20-7-2-8-21-44/h1-42H. The van der Waals surface area contributed by atoms with Gasteiger partial charge in [-0.3, -0.25) is 0 Å². The molecule has 0 aliphatic carbocycles. The summed E-state index contributed by atoms with van der Waals surface area (Å²) in [4.78, 5) is 2.41. The third-order valence-corrected chi connectivity index (χ3v) is 12.0. The molecule has 62 heavy (non-hydrogen) atoms. The number of anilines is 3. The van der Waals surface area contributed by atoms with E-state index in [1.54, 1.807) is 0 Å². The highest BCUT2D eigenvalue weighted by Gasteiger charge is 2.21. The van der Waals surface area contributed by atoms with Gasteiger partial charge in [0, 0.05) is 33.4 Å². The maximum Gasteiger partial charge on any atom is 0.0562 e. The predicted molar refractivity (Wildman–Crippen MR) is 263 cm³/mol. The van der Waals surface area contributed by atoms with Crippen molar-refractivity contribution in [2.24, 2.45) is 0 Å². The van der Waals surface area contributed by atoms with Crippen LogP contribution < -0.4 is 4.90 Å². The first-order valence-electron chi connectivity index (χ1n) is 21.3. The van der Waals surface area contributed by atoms with E-state index in [0.717, 1.165) is 28.3 Å². The summed E-state index contributed by atoms with van der Waals surface area (Å²) in [6, 6.07) is 92.1. The molecule has 2 heteroatoms. The van der Waals surface area contributed by atoms with E-state index < -0.39 is 0 Å². The second-order valence-corrected chi connectivity index (χ2v) is 15.7. The Labute approximate surface area is 362 Å². The van der Waals surface area contributed by atoms with E-state index in [2.05, 4.69) is 264 Å². The van der Waals surface area contributed by atoms with E-state index in [-0.39, 0.29) is 0 Å². The first-order chi connectivity index (χ1) is 30.8. The molecule has 0 unspecified atom stereocenters. The van der Waals surface area contributed by atoms with Crippen molar-refractivity contribution < 1.29 is 0 Å². The molecule has 0 saturated heterocycles. The zero-order chi connectivity index (χ0) is 41.2. The third kappa shape index (κ3) is 6.84. The highest BCUT2D eigenvalue weighted by Crippen LogP contribution is 2.44. The summed E-state index contributed by atoms with van der Waals surface area (Å²) in [5.74, 6) is 0. The number of aromatic nitrogens is 1. The fraction of sp³-hybridized carbons (Fsp3) is 0. The summed E-state index contributed by atoms with van der Waals surface area (Å²) in [5.41, 5.74) is 18.6. The fourth-order valence-corrected chi connectivity index (χ4v) is 9.05. The molecule has 0 atom stereocenters. The molecule has 0 aliphatic heterocycles. The monoisotopic (exact) mass is 790 g/mol. The van der Waals surface area contributed by atoms with Crippen LogP contribution in [-0.2, 0) is 0 Å². The van der Waals surface area contributed by atoms with E-state index in [1.807, 2.05) is 0 Å². The van der Waals surface area contributed by atoms with E-state index in [4.69, 9.17) is 0 Å². The van der Waals surface area contributed by atoms with Gasteiger partial charge in [0.15, 0.2) is 0 Å². The van der Waals surface area contributed by atoms with Crippen LogP contribution in [-0.4, -0.2) is 4.57 Å². The van der Waals surface area contributed by atoms with E-state index in [9.17, 15) is 0 Å². The number of rotatable bonds is 9. The topological polar surface area (TPSA) is 8.17 Å². The van der Waals surface area contributed by atoms with Crippen LogP contribution in [0.5, 0.6) is 0 Å². The average Bonchev–Trinajstić information content (AvgIpc) is 3.69. The van der Waals surface area contributed by atoms with Gasteiger partial charge in [0.1, 0.15) is 0 Å². The normalized spacial score (nSPS) is 11.2. The third-order valence-electron chi connectivity index (χ3n) is 12.0. The van der Waals surface area contributed by atoms with Crippen LogP contribution in [0.15, 0.2) is 255 Å². The van der Waals surface area contributed by atoms with Gasteiger partial charge in [0.2, 0.25) is 0 Å². The molecule has 2 nitrogen and oxygen atoms in total. The Morgan fingerprint density at radius 1 is 0.242 bits per heavy atom. The quantitative estimate of drug-likeness (QED) is 0.141. The summed E-state index contributed by atoms with van der Waals surface area (Å²) < 4.78 is 2.46. The Morgan fingerprint density at radius 2 is 0.726 bits per heavy atom. The van der Waals surface area contributed by atoms with Crippen molar-refractivity contribution in [2.45, 2.75) is 0 Å². The van der Waals surface area contributed by atoms with Gasteiger partial charge < -0.3 is 9.47 Å². The molecule has 0 amide bonds. The molecule has 0 bridgehead atoms. The van der Waals surface area contributed by atoms with Crippen molar-refractivity contribution in [3.63, 3.8) is 0 Å². The Hall–Kier alpha value is -8.20. The number of para-hydroxylation sites is 2. The zero-order valence-electron chi connectivity index (χ0n) is 34.1. The molecule has 0 spiro atoms. The number of hydrogen-bond acceptors (Lipinski definition) is 1. The highest BCUT2D eigenvalue weighted by atomic mass is 15.1. The second kappa shape index (κ2) is 16.1. The van der Waals surface area contributed by atoms with Crippen molar-refractivity contribution in [2.75, 3.05) is 4.90 Å². The Kier molecular flexibility index (Phi) is 9.57. The largest absolute Gasteiger partial charge is 0.310 e. The average molecular weight is 791 g/mol. The smallest absolute Gasteiger partial charge is 0.0562 e. The van der Waals surface area contributed by atoms with Crippen molar-refractivity contribution in [3.05, 3.63) is 255 Å². The first-order valence-corrected chi connectivity index (χ1v) is 21.3. The molecule has 0 aliphatic rings. The second-order valence-electron chi connectivity index (χ2n) is 15.7. The Balaban J connectivity index is 1.12. The minimum atomic E-state index is 1.07. The van der Waals surface area contributed by atoms with Crippen molar-refractivity contribution >= 4 is 38.9 Å². The summed E-state index contributed by atoms with van der Waals surface area (Å²) in [6.07, 6.45) is 0. The summed E-state index contributed by atoms with van der Waals surface area (Å²) >= 11 is 0. The summed E-state index contributed by atoms with van der Waals surface area (Å²) in [6.45, 7) is 0. The fourth-order valence-electron chi connectivity index (χ4n) is 9.05. The SMILES string of the molecule is c1ccc(-c2ccc(N(c3ccc(-c4ccccc4)c(-c4ccccc4)c3)c3ccc4c5ccccc5n(-c5ccccc5-c5cccc(-c6ccccc6)c5)c4c3)cc2)cc1. The van der Waals surface area contributed by atoms with Crippen LogP contribution in [0.2, 0.25) is 0 Å². The van der Waals surface area contributed by atoms with Crippen LogP contribution >= 0.6 is 0 Å². The van der Waals surface area contributed by atoms with Gasteiger partial charge in [-0.2, -0.15) is 0 Å². The molecule has 0 fully saturated rings. The summed E-state index contributed by atoms with van der Waals surface area (Å²) in [5, 5.41) is 2.43.